The van der Waals surface area contributed by atoms with Crippen LogP contribution >= 0.6 is 0 Å². The molecule has 210 valence electrons. The van der Waals surface area contributed by atoms with Crippen molar-refractivity contribution in [2.75, 3.05) is 0 Å². The van der Waals surface area contributed by atoms with Gasteiger partial charge in [0.05, 0.1) is 0 Å². The van der Waals surface area contributed by atoms with E-state index in [1.165, 1.54) is 34.4 Å². The highest BCUT2D eigenvalue weighted by molar-refractivity contribution is 5.82. The van der Waals surface area contributed by atoms with Crippen LogP contribution in [-0.4, -0.2) is 0 Å². The molecule has 0 radical (unpaired) electrons. The molecule has 0 aliphatic rings. The summed E-state index contributed by atoms with van der Waals surface area (Å²) in [7, 11) is 0. The molecule has 0 unspecified atom stereocenters. The smallest absolute Gasteiger partial charge is 0.0184 e. The second kappa shape index (κ2) is 31.4. The highest BCUT2D eigenvalue weighted by Gasteiger charge is 1.95. The third-order valence-corrected chi connectivity index (χ3v) is 3.32. The summed E-state index contributed by atoms with van der Waals surface area (Å²) in [4.78, 5) is 0. The van der Waals surface area contributed by atoms with Crippen molar-refractivity contribution in [3.63, 3.8) is 0 Å². The van der Waals surface area contributed by atoms with E-state index >= 15 is 0 Å². The van der Waals surface area contributed by atoms with Gasteiger partial charge in [-0.2, -0.15) is 0 Å². The Morgan fingerprint density at radius 1 is 0.351 bits per heavy atom. The maximum absolute atomic E-state index is 2.19. The van der Waals surface area contributed by atoms with Gasteiger partial charge in [0.2, 0.25) is 0 Å². The van der Waals surface area contributed by atoms with E-state index in [1.54, 1.807) is 0 Å². The molecule has 0 bridgehead atoms. The molecule has 0 aliphatic heterocycles. The van der Waals surface area contributed by atoms with Crippen molar-refractivity contribution in [3.05, 3.63) is 97.1 Å². The lowest BCUT2D eigenvalue weighted by molar-refractivity contribution is 0.469. The van der Waals surface area contributed by atoms with Crippen molar-refractivity contribution in [3.8, 4) is 0 Å². The van der Waals surface area contributed by atoms with Gasteiger partial charge in [0.1, 0.15) is 0 Å². The number of benzene rings is 4. The normalized spacial score (nSPS) is 8.49. The van der Waals surface area contributed by atoms with E-state index in [2.05, 4.69) is 152 Å². The standard InChI is InChI=1S/2C10H8.C5H12.2C3H8.3C2H6/c2*1-2-6-10-8-4-3-7-9(10)5-1;1-5(2,3)4;2*1-3-2;3*1-2/h2*1-8H;1-4H3;2*3H2,1-2H3;3*1-2H3. The molecule has 0 aliphatic carbocycles. The van der Waals surface area contributed by atoms with Crippen molar-refractivity contribution in [2.24, 2.45) is 5.41 Å². The number of hydrogen-bond donors (Lipinski definition) is 0. The first-order valence-electron chi connectivity index (χ1n) is 14.6. The fourth-order valence-electron chi connectivity index (χ4n) is 2.27. The molecule has 0 heterocycles. The SMILES string of the molecule is CC.CC.CC.CC(C)(C)C.CCC.CCC.c1ccc2ccccc2c1.c1ccc2ccccc2c1. The van der Waals surface area contributed by atoms with Crippen LogP contribution in [-0.2, 0) is 0 Å². The zero-order chi connectivity index (χ0) is 29.5. The lowest BCUT2D eigenvalue weighted by Crippen LogP contribution is -1.93. The summed E-state index contributed by atoms with van der Waals surface area (Å²) in [6, 6.07) is 33.4. The summed E-state index contributed by atoms with van der Waals surface area (Å²) in [5.74, 6) is 0. The maximum Gasteiger partial charge on any atom is -0.0184 e. The molecule has 0 amide bonds. The van der Waals surface area contributed by atoms with E-state index in [0.717, 1.165) is 0 Å². The van der Waals surface area contributed by atoms with E-state index in [9.17, 15) is 0 Å². The Morgan fingerprint density at radius 3 is 0.514 bits per heavy atom. The minimum atomic E-state index is 0.500. The molecule has 0 heteroatoms. The summed E-state index contributed by atoms with van der Waals surface area (Å²) in [6.45, 7) is 29.2. The molecule has 0 atom stereocenters. The van der Waals surface area contributed by atoms with Crippen LogP contribution in [0.2, 0.25) is 0 Å². The van der Waals surface area contributed by atoms with Crippen molar-refractivity contribution in [1.29, 1.82) is 0 Å². The molecule has 0 nitrogen and oxygen atoms in total. The third-order valence-electron chi connectivity index (χ3n) is 3.32. The molecule has 0 saturated carbocycles. The van der Waals surface area contributed by atoms with Crippen molar-refractivity contribution in [1.82, 2.24) is 0 Å². The third kappa shape index (κ3) is 29.5. The molecule has 4 aromatic carbocycles. The van der Waals surface area contributed by atoms with Gasteiger partial charge in [-0.1, -0.05) is 207 Å². The Balaban J connectivity index is -0.000000189. The van der Waals surface area contributed by atoms with Gasteiger partial charge < -0.3 is 0 Å². The monoisotopic (exact) mass is 506 g/mol. The molecule has 0 fully saturated rings. The van der Waals surface area contributed by atoms with Gasteiger partial charge in [-0.3, -0.25) is 0 Å². The van der Waals surface area contributed by atoms with Gasteiger partial charge >= 0.3 is 0 Å². The molecule has 0 saturated heterocycles. The van der Waals surface area contributed by atoms with Gasteiger partial charge in [-0.05, 0) is 27.0 Å². The van der Waals surface area contributed by atoms with Crippen LogP contribution in [0.15, 0.2) is 97.1 Å². The average molecular weight is 507 g/mol. The van der Waals surface area contributed by atoms with Gasteiger partial charge in [0.25, 0.3) is 0 Å². The minimum Gasteiger partial charge on any atom is -0.0683 e. The quantitative estimate of drug-likeness (QED) is 0.222. The number of hydrogen-bond acceptors (Lipinski definition) is 0. The summed E-state index contributed by atoms with van der Waals surface area (Å²) >= 11 is 0. The largest absolute Gasteiger partial charge is 0.0683 e. The van der Waals surface area contributed by atoms with E-state index in [4.69, 9.17) is 0 Å². The summed E-state index contributed by atoms with van der Waals surface area (Å²) in [5.41, 5.74) is 0.500. The lowest BCUT2D eigenvalue weighted by atomic mass is 10.0. The first kappa shape index (κ1) is 41.5. The fourth-order valence-corrected chi connectivity index (χ4v) is 2.27. The predicted octanol–water partition coefficient (Wildman–Crippen LogP) is 13.6. The number of rotatable bonds is 0. The lowest BCUT2D eigenvalue weighted by Gasteiger charge is -2.05. The van der Waals surface area contributed by atoms with Crippen LogP contribution in [0.25, 0.3) is 21.5 Å². The van der Waals surface area contributed by atoms with Crippen LogP contribution < -0.4 is 0 Å². The van der Waals surface area contributed by atoms with Crippen LogP contribution in [0.3, 0.4) is 0 Å². The predicted molar refractivity (Wildman–Crippen MR) is 179 cm³/mol. The molecule has 0 aromatic heterocycles. The van der Waals surface area contributed by atoms with Crippen molar-refractivity contribution in [2.45, 2.75) is 110 Å². The topological polar surface area (TPSA) is 0 Å². The Labute approximate surface area is 233 Å². The first-order valence-corrected chi connectivity index (χ1v) is 14.6. The molecule has 0 spiro atoms. The molecule has 4 aromatic rings. The van der Waals surface area contributed by atoms with E-state index in [1.807, 2.05) is 41.5 Å². The molecule has 37 heavy (non-hydrogen) atoms. The average Bonchev–Trinajstić information content (AvgIpc) is 2.93. The first-order chi connectivity index (χ1) is 17.8. The zero-order valence-electron chi connectivity index (χ0n) is 27.2. The number of fused-ring (bicyclic) bond motifs is 2. The van der Waals surface area contributed by atoms with Gasteiger partial charge in [0.15, 0.2) is 0 Å². The summed E-state index contributed by atoms with van der Waals surface area (Å²) < 4.78 is 0. The van der Waals surface area contributed by atoms with Gasteiger partial charge in [-0.25, -0.2) is 0 Å². The highest BCUT2D eigenvalue weighted by atomic mass is 14.0. The zero-order valence-corrected chi connectivity index (χ0v) is 27.2. The highest BCUT2D eigenvalue weighted by Crippen LogP contribution is 2.12. The van der Waals surface area contributed by atoms with Gasteiger partial charge in [-0.15, -0.1) is 0 Å². The molecular weight excluding hydrogens is 444 g/mol. The Bertz CT molecular complexity index is 719. The molecular formula is C37H62. The van der Waals surface area contributed by atoms with Crippen molar-refractivity contribution < 1.29 is 0 Å². The Kier molecular flexibility index (Phi) is 35.3. The minimum absolute atomic E-state index is 0.500. The van der Waals surface area contributed by atoms with Crippen LogP contribution in [0.5, 0.6) is 0 Å². The second-order valence-corrected chi connectivity index (χ2v) is 9.11. The summed E-state index contributed by atoms with van der Waals surface area (Å²) in [5, 5.41) is 5.24. The van der Waals surface area contributed by atoms with Crippen LogP contribution in [0, 0.1) is 5.41 Å². The second-order valence-electron chi connectivity index (χ2n) is 9.11. The van der Waals surface area contributed by atoms with Crippen molar-refractivity contribution >= 4 is 21.5 Å². The fraction of sp³-hybridized carbons (Fsp3) is 0.459. The van der Waals surface area contributed by atoms with Crippen LogP contribution in [0.1, 0.15) is 110 Å². The van der Waals surface area contributed by atoms with E-state index in [-0.39, 0.29) is 0 Å². The maximum atomic E-state index is 2.19. The van der Waals surface area contributed by atoms with E-state index < -0.39 is 0 Å². The Morgan fingerprint density at radius 2 is 0.432 bits per heavy atom. The van der Waals surface area contributed by atoms with E-state index in [0.29, 0.717) is 5.41 Å². The Hall–Kier alpha value is -2.60. The molecule has 0 N–H and O–H groups in total. The van der Waals surface area contributed by atoms with Crippen LogP contribution in [0.4, 0.5) is 0 Å². The van der Waals surface area contributed by atoms with Gasteiger partial charge in [0, 0.05) is 0 Å². The molecule has 4 rings (SSSR count). The summed E-state index contributed by atoms with van der Waals surface area (Å²) in [6.07, 6.45) is 2.50.